The van der Waals surface area contributed by atoms with E-state index in [1.54, 1.807) is 0 Å². The number of guanidine groups is 1. The maximum absolute atomic E-state index is 5.49. The van der Waals surface area contributed by atoms with Crippen LogP contribution >= 0.6 is 24.0 Å². The van der Waals surface area contributed by atoms with Crippen molar-refractivity contribution in [2.45, 2.75) is 30.7 Å². The van der Waals surface area contributed by atoms with Gasteiger partial charge >= 0.3 is 0 Å². The molecule has 5 nitrogen and oxygen atoms in total. The van der Waals surface area contributed by atoms with Crippen LogP contribution in [0.15, 0.2) is 35.3 Å². The van der Waals surface area contributed by atoms with E-state index in [1.165, 1.54) is 24.8 Å². The molecule has 3 fully saturated rings. The van der Waals surface area contributed by atoms with Gasteiger partial charge in [-0.3, -0.25) is 9.89 Å². The van der Waals surface area contributed by atoms with E-state index in [0.717, 1.165) is 51.9 Å². The average Bonchev–Trinajstić information content (AvgIpc) is 3.32. The smallest absolute Gasteiger partial charge is 0.193 e. The first-order valence-electron chi connectivity index (χ1n) is 9.64. The molecule has 2 saturated heterocycles. The fourth-order valence-corrected chi connectivity index (χ4v) is 4.27. The lowest BCUT2D eigenvalue weighted by Gasteiger charge is -2.32. The summed E-state index contributed by atoms with van der Waals surface area (Å²) in [4.78, 5) is 9.58. The van der Waals surface area contributed by atoms with Gasteiger partial charge in [0.2, 0.25) is 0 Å². The highest BCUT2D eigenvalue weighted by molar-refractivity contribution is 14.0. The maximum atomic E-state index is 5.49. The lowest BCUT2D eigenvalue weighted by atomic mass is 9.96. The monoisotopic (exact) mass is 470 g/mol. The number of nitrogens with zero attached hydrogens (tertiary/aromatic N) is 3. The van der Waals surface area contributed by atoms with Crippen molar-refractivity contribution >= 4 is 29.9 Å². The Kier molecular flexibility index (Phi) is 6.80. The van der Waals surface area contributed by atoms with Crippen LogP contribution in [0.25, 0.3) is 0 Å². The number of morpholine rings is 1. The first-order valence-corrected chi connectivity index (χ1v) is 9.64. The molecule has 0 bridgehead atoms. The van der Waals surface area contributed by atoms with E-state index < -0.39 is 0 Å². The van der Waals surface area contributed by atoms with Gasteiger partial charge in [-0.1, -0.05) is 30.3 Å². The molecule has 0 spiro atoms. The SMILES string of the molecule is CN=C(NCC1(c2ccccc2)CC1)N1CCC(N2CCOCC2)C1.I. The van der Waals surface area contributed by atoms with Gasteiger partial charge in [0.1, 0.15) is 0 Å². The molecule has 1 saturated carbocycles. The lowest BCUT2D eigenvalue weighted by molar-refractivity contribution is 0.0195. The maximum Gasteiger partial charge on any atom is 0.193 e. The fraction of sp³-hybridized carbons (Fsp3) is 0.650. The number of rotatable bonds is 4. The summed E-state index contributed by atoms with van der Waals surface area (Å²) in [6.45, 7) is 7.07. The van der Waals surface area contributed by atoms with Crippen molar-refractivity contribution in [2.75, 3.05) is 53.0 Å². The van der Waals surface area contributed by atoms with Crippen LogP contribution in [-0.4, -0.2) is 74.8 Å². The predicted octanol–water partition coefficient (Wildman–Crippen LogP) is 2.32. The Labute approximate surface area is 174 Å². The molecule has 4 rings (SSSR count). The summed E-state index contributed by atoms with van der Waals surface area (Å²) >= 11 is 0. The Morgan fingerprint density at radius 3 is 2.58 bits per heavy atom. The average molecular weight is 470 g/mol. The van der Waals surface area contributed by atoms with E-state index in [1.807, 2.05) is 7.05 Å². The zero-order valence-corrected chi connectivity index (χ0v) is 18.0. The molecule has 1 atom stereocenters. The minimum atomic E-state index is 0. The third kappa shape index (κ3) is 4.34. The Balaban J connectivity index is 0.00000196. The van der Waals surface area contributed by atoms with Crippen molar-refractivity contribution in [1.82, 2.24) is 15.1 Å². The fourth-order valence-electron chi connectivity index (χ4n) is 4.27. The number of hydrogen-bond acceptors (Lipinski definition) is 3. The first-order chi connectivity index (χ1) is 12.3. The second-order valence-electron chi connectivity index (χ2n) is 7.58. The number of likely N-dealkylation sites (tertiary alicyclic amines) is 1. The van der Waals surface area contributed by atoms with Gasteiger partial charge < -0.3 is 15.0 Å². The predicted molar refractivity (Wildman–Crippen MR) is 117 cm³/mol. The molecule has 1 N–H and O–H groups in total. The molecule has 2 aliphatic heterocycles. The van der Waals surface area contributed by atoms with Crippen LogP contribution in [0.2, 0.25) is 0 Å². The van der Waals surface area contributed by atoms with Crippen molar-refractivity contribution in [3.05, 3.63) is 35.9 Å². The quantitative estimate of drug-likeness (QED) is 0.417. The van der Waals surface area contributed by atoms with Crippen LogP contribution in [0.4, 0.5) is 0 Å². The molecule has 1 aromatic carbocycles. The second-order valence-corrected chi connectivity index (χ2v) is 7.58. The summed E-state index contributed by atoms with van der Waals surface area (Å²) in [5.74, 6) is 1.07. The molecular formula is C20H31IN4O. The highest BCUT2D eigenvalue weighted by Gasteiger charge is 2.44. The van der Waals surface area contributed by atoms with Crippen molar-refractivity contribution in [1.29, 1.82) is 0 Å². The van der Waals surface area contributed by atoms with Crippen LogP contribution < -0.4 is 5.32 Å². The number of ether oxygens (including phenoxy) is 1. The highest BCUT2D eigenvalue weighted by atomic mass is 127. The van der Waals surface area contributed by atoms with E-state index in [4.69, 9.17) is 4.74 Å². The van der Waals surface area contributed by atoms with Gasteiger partial charge in [-0.25, -0.2) is 0 Å². The lowest BCUT2D eigenvalue weighted by Crippen LogP contribution is -2.47. The summed E-state index contributed by atoms with van der Waals surface area (Å²) in [6.07, 6.45) is 3.78. The van der Waals surface area contributed by atoms with Crippen LogP contribution in [0.5, 0.6) is 0 Å². The Hall–Kier alpha value is -0.860. The van der Waals surface area contributed by atoms with Gasteiger partial charge in [-0.15, -0.1) is 24.0 Å². The molecule has 0 aromatic heterocycles. The number of aliphatic imine (C=N–C) groups is 1. The van der Waals surface area contributed by atoms with Gasteiger partial charge in [0.15, 0.2) is 5.96 Å². The molecule has 1 unspecified atom stereocenters. The zero-order chi connectivity index (χ0) is 17.1. The molecule has 144 valence electrons. The van der Waals surface area contributed by atoms with E-state index in [9.17, 15) is 0 Å². The van der Waals surface area contributed by atoms with Gasteiger partial charge in [-0.05, 0) is 24.8 Å². The molecule has 1 aromatic rings. The Morgan fingerprint density at radius 1 is 1.19 bits per heavy atom. The van der Waals surface area contributed by atoms with Crippen LogP contribution in [0.3, 0.4) is 0 Å². The summed E-state index contributed by atoms with van der Waals surface area (Å²) in [5, 5.41) is 3.67. The largest absolute Gasteiger partial charge is 0.379 e. The number of nitrogens with one attached hydrogen (secondary N) is 1. The van der Waals surface area contributed by atoms with E-state index in [-0.39, 0.29) is 24.0 Å². The first kappa shape index (κ1) is 19.9. The van der Waals surface area contributed by atoms with Crippen LogP contribution in [0.1, 0.15) is 24.8 Å². The zero-order valence-electron chi connectivity index (χ0n) is 15.7. The number of benzene rings is 1. The second kappa shape index (κ2) is 8.89. The van der Waals surface area contributed by atoms with Gasteiger partial charge in [0, 0.05) is 51.2 Å². The molecule has 2 heterocycles. The van der Waals surface area contributed by atoms with Crippen molar-refractivity contribution in [2.24, 2.45) is 4.99 Å². The minimum Gasteiger partial charge on any atom is -0.379 e. The molecule has 26 heavy (non-hydrogen) atoms. The molecule has 3 aliphatic rings. The van der Waals surface area contributed by atoms with E-state index in [2.05, 4.69) is 50.4 Å². The van der Waals surface area contributed by atoms with Crippen molar-refractivity contribution < 1.29 is 4.74 Å². The summed E-state index contributed by atoms with van der Waals surface area (Å²) in [6, 6.07) is 11.6. The number of halogens is 1. The van der Waals surface area contributed by atoms with Gasteiger partial charge in [0.05, 0.1) is 13.2 Å². The Bertz CT molecular complexity index is 599. The normalized spacial score (nSPS) is 25.7. The molecule has 1 aliphatic carbocycles. The summed E-state index contributed by atoms with van der Waals surface area (Å²) in [5.41, 5.74) is 1.78. The van der Waals surface area contributed by atoms with Crippen LogP contribution in [-0.2, 0) is 10.2 Å². The van der Waals surface area contributed by atoms with E-state index >= 15 is 0 Å². The topological polar surface area (TPSA) is 40.1 Å². The van der Waals surface area contributed by atoms with Gasteiger partial charge in [0.25, 0.3) is 0 Å². The molecule has 0 amide bonds. The van der Waals surface area contributed by atoms with Crippen LogP contribution in [0, 0.1) is 0 Å². The van der Waals surface area contributed by atoms with Crippen molar-refractivity contribution in [3.63, 3.8) is 0 Å². The van der Waals surface area contributed by atoms with E-state index in [0.29, 0.717) is 11.5 Å². The third-order valence-corrected chi connectivity index (χ3v) is 6.06. The summed E-state index contributed by atoms with van der Waals surface area (Å²) in [7, 11) is 1.91. The minimum absolute atomic E-state index is 0. The summed E-state index contributed by atoms with van der Waals surface area (Å²) < 4.78 is 5.49. The van der Waals surface area contributed by atoms with Gasteiger partial charge in [-0.2, -0.15) is 0 Å². The highest BCUT2D eigenvalue weighted by Crippen LogP contribution is 2.47. The standard InChI is InChI=1S/C20H30N4O.HI/c1-21-19(22-16-20(8-9-20)17-5-3-2-4-6-17)24-10-7-18(15-24)23-11-13-25-14-12-23;/h2-6,18H,7-16H2,1H3,(H,21,22);1H. The molecule has 0 radical (unpaired) electrons. The Morgan fingerprint density at radius 2 is 1.92 bits per heavy atom. The molecular weight excluding hydrogens is 439 g/mol. The third-order valence-electron chi connectivity index (χ3n) is 6.06. The molecule has 6 heteroatoms. The number of hydrogen-bond donors (Lipinski definition) is 1. The van der Waals surface area contributed by atoms with Crippen molar-refractivity contribution in [3.8, 4) is 0 Å².